The zero-order valence-electron chi connectivity index (χ0n) is 18.1. The van der Waals surface area contributed by atoms with Gasteiger partial charge in [0.15, 0.2) is 0 Å². The monoisotopic (exact) mass is 465 g/mol. The number of aromatic amines is 1. The van der Waals surface area contributed by atoms with E-state index >= 15 is 0 Å². The van der Waals surface area contributed by atoms with Crippen molar-refractivity contribution in [3.05, 3.63) is 86.7 Å². The van der Waals surface area contributed by atoms with Crippen molar-refractivity contribution in [2.75, 3.05) is 19.9 Å². The standard InChI is InChI=1S/C25H23FN2O6/c26-11-12-33-20-9-7-18(8-10-20)17-4-1-16(2-5-17)3-6-19-14-28(25(32)27-24(19)31)23-13-21(30)22(15-29)34-23/h1-2,4-5,7-10,14,21-23,29-30H,11-13,15H2,(H,27,31,32)/t21-,22+,23+/m0/s1/i26-1. The Morgan fingerprint density at radius 1 is 1.09 bits per heavy atom. The van der Waals surface area contributed by atoms with Crippen molar-refractivity contribution in [2.45, 2.75) is 24.9 Å². The van der Waals surface area contributed by atoms with Gasteiger partial charge in [0.25, 0.3) is 5.56 Å². The second-order valence-corrected chi connectivity index (χ2v) is 7.71. The van der Waals surface area contributed by atoms with Gasteiger partial charge in [0.2, 0.25) is 0 Å². The number of rotatable bonds is 6. The largest absolute Gasteiger partial charge is 0.491 e. The fourth-order valence-corrected chi connectivity index (χ4v) is 3.62. The number of benzene rings is 2. The van der Waals surface area contributed by atoms with Gasteiger partial charge in [0, 0.05) is 18.2 Å². The van der Waals surface area contributed by atoms with Crippen LogP contribution in [0.5, 0.6) is 5.75 Å². The molecule has 1 fully saturated rings. The highest BCUT2D eigenvalue weighted by Crippen LogP contribution is 2.27. The predicted molar refractivity (Wildman–Crippen MR) is 122 cm³/mol. The van der Waals surface area contributed by atoms with Crippen LogP contribution in [-0.4, -0.2) is 51.9 Å². The van der Waals surface area contributed by atoms with Gasteiger partial charge in [0.05, 0.1) is 12.7 Å². The molecule has 2 aromatic carbocycles. The van der Waals surface area contributed by atoms with Crippen LogP contribution in [0.25, 0.3) is 11.1 Å². The van der Waals surface area contributed by atoms with E-state index in [9.17, 15) is 24.2 Å². The maximum Gasteiger partial charge on any atom is 0.330 e. The average Bonchev–Trinajstić information content (AvgIpc) is 3.23. The lowest BCUT2D eigenvalue weighted by atomic mass is 10.0. The van der Waals surface area contributed by atoms with Gasteiger partial charge < -0.3 is 19.7 Å². The van der Waals surface area contributed by atoms with Crippen LogP contribution in [0.2, 0.25) is 0 Å². The molecular formula is C25H23FN2O6. The fraction of sp³-hybridized carbons (Fsp3) is 0.280. The molecule has 3 atom stereocenters. The number of nitrogens with zero attached hydrogens (tertiary/aromatic N) is 1. The predicted octanol–water partition coefficient (Wildman–Crippen LogP) is 1.59. The summed E-state index contributed by atoms with van der Waals surface area (Å²) in [4.78, 5) is 26.6. The Hall–Kier alpha value is -3.71. The molecule has 0 unspecified atom stereocenters. The summed E-state index contributed by atoms with van der Waals surface area (Å²) < 4.78 is 24.1. The maximum atomic E-state index is 12.2. The van der Waals surface area contributed by atoms with Crippen molar-refractivity contribution < 1.29 is 24.1 Å². The smallest absolute Gasteiger partial charge is 0.330 e. The third-order valence-electron chi connectivity index (χ3n) is 5.42. The summed E-state index contributed by atoms with van der Waals surface area (Å²) in [5, 5.41) is 19.2. The van der Waals surface area contributed by atoms with E-state index in [0.717, 1.165) is 15.7 Å². The lowest BCUT2D eigenvalue weighted by molar-refractivity contribution is -0.0459. The highest BCUT2D eigenvalue weighted by atomic mass is 18.2. The first kappa shape index (κ1) is 23.4. The van der Waals surface area contributed by atoms with E-state index in [1.165, 1.54) is 6.20 Å². The van der Waals surface area contributed by atoms with Crippen molar-refractivity contribution in [3.63, 3.8) is 0 Å². The highest BCUT2D eigenvalue weighted by molar-refractivity contribution is 5.65. The molecule has 4 rings (SSSR count). The van der Waals surface area contributed by atoms with Crippen molar-refractivity contribution in [3.8, 4) is 28.7 Å². The topological polar surface area (TPSA) is 114 Å². The Bertz CT molecular complexity index is 1300. The van der Waals surface area contributed by atoms with E-state index in [1.807, 2.05) is 36.4 Å². The Morgan fingerprint density at radius 2 is 1.76 bits per heavy atom. The first-order valence-corrected chi connectivity index (χ1v) is 10.7. The third kappa shape index (κ3) is 5.26. The Labute approximate surface area is 194 Å². The van der Waals surface area contributed by atoms with Gasteiger partial charge in [-0.3, -0.25) is 14.3 Å². The molecule has 1 saturated heterocycles. The highest BCUT2D eigenvalue weighted by Gasteiger charge is 2.35. The van der Waals surface area contributed by atoms with E-state index in [1.54, 1.807) is 12.1 Å². The molecule has 2 heterocycles. The van der Waals surface area contributed by atoms with Gasteiger partial charge in [-0.15, -0.1) is 0 Å². The van der Waals surface area contributed by atoms with Crippen LogP contribution in [0.1, 0.15) is 23.8 Å². The Kier molecular flexibility index (Phi) is 7.23. The third-order valence-corrected chi connectivity index (χ3v) is 5.42. The number of halogens is 1. The van der Waals surface area contributed by atoms with Crippen molar-refractivity contribution >= 4 is 0 Å². The first-order valence-electron chi connectivity index (χ1n) is 10.7. The van der Waals surface area contributed by atoms with E-state index in [-0.39, 0.29) is 25.2 Å². The quantitative estimate of drug-likeness (QED) is 0.477. The molecule has 0 amide bonds. The van der Waals surface area contributed by atoms with Crippen LogP contribution in [0.15, 0.2) is 64.3 Å². The fourth-order valence-electron chi connectivity index (χ4n) is 3.62. The number of hydrogen-bond acceptors (Lipinski definition) is 6. The molecule has 0 bridgehead atoms. The number of H-pyrrole nitrogens is 1. The normalized spacial score (nSPS) is 19.4. The van der Waals surface area contributed by atoms with Crippen molar-refractivity contribution in [1.82, 2.24) is 9.55 Å². The molecule has 0 aliphatic carbocycles. The van der Waals surface area contributed by atoms with Crippen molar-refractivity contribution in [1.29, 1.82) is 0 Å². The molecular weight excluding hydrogens is 442 g/mol. The summed E-state index contributed by atoms with van der Waals surface area (Å²) >= 11 is 0. The zero-order chi connectivity index (χ0) is 24.1. The Morgan fingerprint density at radius 3 is 2.38 bits per heavy atom. The van der Waals surface area contributed by atoms with Gasteiger partial charge in [-0.25, -0.2) is 9.18 Å². The van der Waals surface area contributed by atoms with E-state index in [0.29, 0.717) is 11.3 Å². The van der Waals surface area contributed by atoms with Gasteiger partial charge in [0.1, 0.15) is 36.9 Å². The molecule has 34 heavy (non-hydrogen) atoms. The molecule has 0 spiro atoms. The van der Waals surface area contributed by atoms with Crippen molar-refractivity contribution in [2.24, 2.45) is 0 Å². The molecule has 9 heteroatoms. The van der Waals surface area contributed by atoms with Crippen LogP contribution >= 0.6 is 0 Å². The molecule has 3 aromatic rings. The van der Waals surface area contributed by atoms with Gasteiger partial charge in [-0.1, -0.05) is 36.1 Å². The van der Waals surface area contributed by atoms with Gasteiger partial charge in [-0.05, 0) is 35.4 Å². The van der Waals surface area contributed by atoms with Gasteiger partial charge in [-0.2, -0.15) is 0 Å². The molecule has 8 nitrogen and oxygen atoms in total. The Balaban J connectivity index is 1.52. The average molecular weight is 465 g/mol. The molecule has 0 saturated carbocycles. The van der Waals surface area contributed by atoms with E-state index in [4.69, 9.17) is 9.47 Å². The molecule has 1 aliphatic heterocycles. The second kappa shape index (κ2) is 10.5. The zero-order valence-corrected chi connectivity index (χ0v) is 18.1. The van der Waals surface area contributed by atoms with Crippen LogP contribution in [0.3, 0.4) is 0 Å². The molecule has 3 N–H and O–H groups in total. The minimum Gasteiger partial charge on any atom is -0.491 e. The SMILES string of the molecule is O=c1[nH]c(=O)n([C@H]2C[C@H](O)[C@@H](CO)O2)cc1C#Cc1ccc(-c2ccc(OCC[18F])cc2)cc1. The summed E-state index contributed by atoms with van der Waals surface area (Å²) in [6.07, 6.45) is -1.12. The first-order chi connectivity index (χ1) is 16.5. The van der Waals surface area contributed by atoms with Crippen LogP contribution in [0, 0.1) is 11.8 Å². The van der Waals surface area contributed by atoms with E-state index in [2.05, 4.69) is 16.8 Å². The van der Waals surface area contributed by atoms with Crippen LogP contribution in [-0.2, 0) is 4.74 Å². The van der Waals surface area contributed by atoms with Gasteiger partial charge >= 0.3 is 5.69 Å². The molecule has 1 aromatic heterocycles. The summed E-state index contributed by atoms with van der Waals surface area (Å²) in [5.74, 6) is 6.28. The number of nitrogens with one attached hydrogen (secondary N) is 1. The summed E-state index contributed by atoms with van der Waals surface area (Å²) in [7, 11) is 0. The summed E-state index contributed by atoms with van der Waals surface area (Å²) in [6.45, 7) is -0.903. The van der Waals surface area contributed by atoms with Crippen LogP contribution < -0.4 is 16.0 Å². The van der Waals surface area contributed by atoms with Crippen LogP contribution in [0.4, 0.5) is 4.39 Å². The lowest BCUT2D eigenvalue weighted by Crippen LogP contribution is -2.33. The number of aliphatic hydroxyl groups excluding tert-OH is 2. The van der Waals surface area contributed by atoms with E-state index < -0.39 is 36.4 Å². The lowest BCUT2D eigenvalue weighted by Gasteiger charge is -2.14. The number of ether oxygens (including phenoxy) is 2. The molecule has 0 radical (unpaired) electrons. The number of alkyl halides is 1. The minimum absolute atomic E-state index is 0.0197. The molecule has 176 valence electrons. The second-order valence-electron chi connectivity index (χ2n) is 7.71. The number of hydrogen-bond donors (Lipinski definition) is 3. The summed E-state index contributed by atoms with van der Waals surface area (Å²) in [5.41, 5.74) is 1.32. The molecule has 1 aliphatic rings. The maximum absolute atomic E-state index is 12.2. The summed E-state index contributed by atoms with van der Waals surface area (Å²) in [6, 6.07) is 14.7. The number of aromatic nitrogens is 2. The minimum atomic E-state index is -0.916. The number of aliphatic hydroxyl groups is 2.